The Bertz CT molecular complexity index is 788. The van der Waals surface area contributed by atoms with Gasteiger partial charge in [-0.05, 0) is 31.0 Å². The number of rotatable bonds is 5. The second kappa shape index (κ2) is 7.04. The van der Waals surface area contributed by atoms with Gasteiger partial charge in [0.1, 0.15) is 16.5 Å². The van der Waals surface area contributed by atoms with Crippen LogP contribution in [0.3, 0.4) is 0 Å². The molecule has 24 heavy (non-hydrogen) atoms. The van der Waals surface area contributed by atoms with Crippen LogP contribution in [0.4, 0.5) is 9.52 Å². The molecule has 0 aliphatic carbocycles. The van der Waals surface area contributed by atoms with Crippen molar-refractivity contribution in [3.8, 4) is 5.75 Å². The van der Waals surface area contributed by atoms with Crippen LogP contribution < -0.4 is 14.4 Å². The van der Waals surface area contributed by atoms with Gasteiger partial charge in [-0.2, -0.15) is 0 Å². The number of piperidine rings is 1. The average Bonchev–Trinajstić information content (AvgIpc) is 3.10. The monoisotopic (exact) mass is 371 g/mol. The Morgan fingerprint density at radius 1 is 1.38 bits per heavy atom. The number of sulfonamides is 1. The van der Waals surface area contributed by atoms with Crippen LogP contribution in [0.5, 0.6) is 5.75 Å². The molecule has 0 bridgehead atoms. The van der Waals surface area contributed by atoms with Crippen molar-refractivity contribution in [2.45, 2.75) is 23.8 Å². The standard InChI is InChI=1S/C15H18FN3O3S2/c1-22-13-3-2-11(16)10-14(13)24(20,21)18-12-4-7-19(8-5-12)15-17-6-9-23-15/h2-3,6,9-10,12,18H,4-5,7-8H2,1H3. The molecule has 1 fully saturated rings. The molecule has 1 saturated heterocycles. The highest BCUT2D eigenvalue weighted by Crippen LogP contribution is 2.26. The third-order valence-electron chi connectivity index (χ3n) is 3.92. The van der Waals surface area contributed by atoms with Crippen molar-refractivity contribution in [1.29, 1.82) is 0 Å². The van der Waals surface area contributed by atoms with E-state index in [0.717, 1.165) is 24.3 Å². The minimum atomic E-state index is -3.84. The van der Waals surface area contributed by atoms with E-state index in [1.807, 2.05) is 5.38 Å². The van der Waals surface area contributed by atoms with E-state index in [4.69, 9.17) is 4.74 Å². The molecule has 0 amide bonds. The first-order chi connectivity index (χ1) is 11.5. The number of thiazole rings is 1. The van der Waals surface area contributed by atoms with Gasteiger partial charge >= 0.3 is 0 Å². The zero-order valence-electron chi connectivity index (χ0n) is 13.1. The summed E-state index contributed by atoms with van der Waals surface area (Å²) < 4.78 is 46.3. The second-order valence-electron chi connectivity index (χ2n) is 5.49. The number of nitrogens with one attached hydrogen (secondary N) is 1. The summed E-state index contributed by atoms with van der Waals surface area (Å²) in [5.41, 5.74) is 0. The molecule has 0 unspecified atom stereocenters. The van der Waals surface area contributed by atoms with Crippen molar-refractivity contribution < 1.29 is 17.5 Å². The molecule has 3 rings (SSSR count). The molecular formula is C15H18FN3O3S2. The van der Waals surface area contributed by atoms with Gasteiger partial charge in [0.2, 0.25) is 10.0 Å². The van der Waals surface area contributed by atoms with Crippen molar-refractivity contribution in [3.63, 3.8) is 0 Å². The Kier molecular flexibility index (Phi) is 5.02. The summed E-state index contributed by atoms with van der Waals surface area (Å²) in [6, 6.07) is 3.27. The van der Waals surface area contributed by atoms with Crippen molar-refractivity contribution in [1.82, 2.24) is 9.71 Å². The normalized spacial score (nSPS) is 16.3. The first-order valence-electron chi connectivity index (χ1n) is 7.50. The van der Waals surface area contributed by atoms with Crippen LogP contribution in [-0.2, 0) is 10.0 Å². The lowest BCUT2D eigenvalue weighted by atomic mass is 10.1. The van der Waals surface area contributed by atoms with Crippen LogP contribution in [0.25, 0.3) is 0 Å². The van der Waals surface area contributed by atoms with Crippen LogP contribution in [0.1, 0.15) is 12.8 Å². The van der Waals surface area contributed by atoms with Gasteiger partial charge in [-0.15, -0.1) is 11.3 Å². The topological polar surface area (TPSA) is 71.5 Å². The number of benzene rings is 1. The smallest absolute Gasteiger partial charge is 0.244 e. The Morgan fingerprint density at radius 2 is 2.12 bits per heavy atom. The number of ether oxygens (including phenoxy) is 1. The first-order valence-corrected chi connectivity index (χ1v) is 9.86. The Morgan fingerprint density at radius 3 is 2.75 bits per heavy atom. The molecule has 1 aliphatic heterocycles. The summed E-state index contributed by atoms with van der Waals surface area (Å²) in [4.78, 5) is 6.23. The maximum atomic E-state index is 13.4. The molecule has 0 spiro atoms. The van der Waals surface area contributed by atoms with Crippen molar-refractivity contribution in [2.75, 3.05) is 25.1 Å². The SMILES string of the molecule is COc1ccc(F)cc1S(=O)(=O)NC1CCN(c2nccs2)CC1. The number of nitrogens with zero attached hydrogens (tertiary/aromatic N) is 2. The Balaban J connectivity index is 1.69. The van der Waals surface area contributed by atoms with Crippen molar-refractivity contribution in [2.24, 2.45) is 0 Å². The highest BCUT2D eigenvalue weighted by molar-refractivity contribution is 7.89. The summed E-state index contributed by atoms with van der Waals surface area (Å²) >= 11 is 1.57. The number of hydrogen-bond acceptors (Lipinski definition) is 6. The van der Waals surface area contributed by atoms with Gasteiger partial charge in [0, 0.05) is 30.7 Å². The Labute approximate surface area is 144 Å². The van der Waals surface area contributed by atoms with Crippen molar-refractivity contribution >= 4 is 26.5 Å². The van der Waals surface area contributed by atoms with Gasteiger partial charge in [0.05, 0.1) is 7.11 Å². The van der Waals surface area contributed by atoms with E-state index in [9.17, 15) is 12.8 Å². The molecule has 6 nitrogen and oxygen atoms in total. The molecule has 0 radical (unpaired) electrons. The quantitative estimate of drug-likeness (QED) is 0.873. The summed E-state index contributed by atoms with van der Waals surface area (Å²) in [5.74, 6) is -0.487. The molecular weight excluding hydrogens is 353 g/mol. The van der Waals surface area contributed by atoms with Crippen LogP contribution in [0.2, 0.25) is 0 Å². The number of aromatic nitrogens is 1. The maximum absolute atomic E-state index is 13.4. The van der Waals surface area contributed by atoms with Crippen LogP contribution in [0, 0.1) is 5.82 Å². The van der Waals surface area contributed by atoms with Gasteiger partial charge < -0.3 is 9.64 Å². The van der Waals surface area contributed by atoms with Crippen LogP contribution in [-0.4, -0.2) is 39.6 Å². The zero-order valence-corrected chi connectivity index (χ0v) is 14.7. The summed E-state index contributed by atoms with van der Waals surface area (Å²) in [6.45, 7) is 1.45. The second-order valence-corrected chi connectivity index (χ2v) is 8.05. The predicted molar refractivity (Wildman–Crippen MR) is 90.6 cm³/mol. The van der Waals surface area contributed by atoms with Gasteiger partial charge in [-0.1, -0.05) is 0 Å². The van der Waals surface area contributed by atoms with E-state index in [1.165, 1.54) is 19.2 Å². The van der Waals surface area contributed by atoms with E-state index in [0.29, 0.717) is 12.8 Å². The predicted octanol–water partition coefficient (Wildman–Crippen LogP) is 2.24. The first kappa shape index (κ1) is 17.1. The number of methoxy groups -OCH3 is 1. The van der Waals surface area contributed by atoms with Crippen molar-refractivity contribution in [3.05, 3.63) is 35.6 Å². The van der Waals surface area contributed by atoms with E-state index >= 15 is 0 Å². The largest absolute Gasteiger partial charge is 0.495 e. The van der Waals surface area contributed by atoms with Gasteiger partial charge in [-0.25, -0.2) is 22.5 Å². The molecule has 1 aliphatic rings. The molecule has 2 aromatic rings. The van der Waals surface area contributed by atoms with Gasteiger partial charge in [0.15, 0.2) is 5.13 Å². The maximum Gasteiger partial charge on any atom is 0.244 e. The third-order valence-corrected chi connectivity index (χ3v) is 6.30. The van der Waals surface area contributed by atoms with E-state index in [2.05, 4.69) is 14.6 Å². The molecule has 1 aromatic carbocycles. The summed E-state index contributed by atoms with van der Waals surface area (Å²) in [7, 11) is -2.48. The lowest BCUT2D eigenvalue weighted by Crippen LogP contribution is -2.44. The fourth-order valence-corrected chi connectivity index (χ4v) is 4.89. The summed E-state index contributed by atoms with van der Waals surface area (Å²) in [6.07, 6.45) is 3.08. The average molecular weight is 371 g/mol. The highest BCUT2D eigenvalue weighted by atomic mass is 32.2. The fourth-order valence-electron chi connectivity index (χ4n) is 2.70. The molecule has 1 N–H and O–H groups in total. The third kappa shape index (κ3) is 3.68. The molecule has 2 heterocycles. The van der Waals surface area contributed by atoms with E-state index in [1.54, 1.807) is 17.5 Å². The number of anilines is 1. The molecule has 1 aromatic heterocycles. The Hall–Kier alpha value is -1.71. The van der Waals surface area contributed by atoms with Gasteiger partial charge in [-0.3, -0.25) is 0 Å². The molecule has 0 saturated carbocycles. The fraction of sp³-hybridized carbons (Fsp3) is 0.400. The zero-order chi connectivity index (χ0) is 17.2. The lowest BCUT2D eigenvalue weighted by Gasteiger charge is -2.32. The minimum Gasteiger partial charge on any atom is -0.495 e. The summed E-state index contributed by atoms with van der Waals surface area (Å²) in [5, 5.41) is 2.86. The molecule has 130 valence electrons. The van der Waals surface area contributed by atoms with Crippen LogP contribution >= 0.6 is 11.3 Å². The van der Waals surface area contributed by atoms with Gasteiger partial charge in [0.25, 0.3) is 0 Å². The number of hydrogen-bond donors (Lipinski definition) is 1. The van der Waals surface area contributed by atoms with Crippen LogP contribution in [0.15, 0.2) is 34.7 Å². The van der Waals surface area contributed by atoms with E-state index < -0.39 is 15.8 Å². The number of halogens is 1. The minimum absolute atomic E-state index is 0.129. The van der Waals surface area contributed by atoms with E-state index in [-0.39, 0.29) is 16.7 Å². The molecule has 9 heteroatoms. The highest BCUT2D eigenvalue weighted by Gasteiger charge is 2.27. The lowest BCUT2D eigenvalue weighted by molar-refractivity contribution is 0.399. The molecule has 0 atom stereocenters.